The fraction of sp³-hybridized carbons (Fsp3) is 0. The second-order valence-corrected chi connectivity index (χ2v) is 6.73. The molecule has 0 aliphatic rings. The molecule has 0 bridgehead atoms. The van der Waals surface area contributed by atoms with Crippen molar-refractivity contribution in [3.8, 4) is 11.3 Å². The highest BCUT2D eigenvalue weighted by Crippen LogP contribution is 2.21. The fourth-order valence-corrected chi connectivity index (χ4v) is 2.80. The Morgan fingerprint density at radius 2 is 1.53 bits per heavy atom. The summed E-state index contributed by atoms with van der Waals surface area (Å²) in [5.74, 6) is 0.207. The molecule has 0 saturated heterocycles. The Balaban J connectivity index is 1.40. The molecule has 8 heteroatoms. The number of amides is 1. The molecule has 2 heterocycles. The number of rotatable bonds is 6. The minimum atomic E-state index is -0.251. The van der Waals surface area contributed by atoms with Gasteiger partial charge in [0.25, 0.3) is 5.91 Å². The molecule has 0 atom stereocenters. The topological polar surface area (TPSA) is 91.8 Å². The number of halogens is 1. The van der Waals surface area contributed by atoms with Crippen LogP contribution in [0.2, 0.25) is 5.02 Å². The van der Waals surface area contributed by atoms with Gasteiger partial charge in [-0.3, -0.25) is 20.6 Å². The smallest absolute Gasteiger partial charge is 0.269 e. The lowest BCUT2D eigenvalue weighted by atomic mass is 10.1. The highest BCUT2D eigenvalue weighted by Gasteiger charge is 2.07. The van der Waals surface area contributed by atoms with Crippen LogP contribution >= 0.6 is 11.6 Å². The molecule has 7 nitrogen and oxygen atoms in total. The maximum absolute atomic E-state index is 12.3. The van der Waals surface area contributed by atoms with E-state index in [9.17, 15) is 4.79 Å². The molecule has 2 aromatic carbocycles. The summed E-state index contributed by atoms with van der Waals surface area (Å²) in [4.78, 5) is 25.0. The van der Waals surface area contributed by atoms with Crippen molar-refractivity contribution >= 4 is 34.8 Å². The predicted molar refractivity (Wildman–Crippen MR) is 118 cm³/mol. The minimum absolute atomic E-state index is 0.251. The Bertz CT molecular complexity index is 1130. The molecule has 0 saturated carbocycles. The number of pyridine rings is 1. The van der Waals surface area contributed by atoms with Crippen molar-refractivity contribution in [3.05, 3.63) is 95.9 Å². The number of hydrazine groups is 1. The second kappa shape index (κ2) is 9.02. The number of carbonyl (C=O) groups is 1. The summed E-state index contributed by atoms with van der Waals surface area (Å²) in [6, 6.07) is 19.8. The summed E-state index contributed by atoms with van der Waals surface area (Å²) in [6.45, 7) is 0. The molecule has 0 radical (unpaired) electrons. The number of carbonyl (C=O) groups excluding carboxylic acids is 1. The summed E-state index contributed by atoms with van der Waals surface area (Å²) >= 11 is 5.94. The van der Waals surface area contributed by atoms with Crippen molar-refractivity contribution in [2.75, 3.05) is 10.7 Å². The lowest BCUT2D eigenvalue weighted by Crippen LogP contribution is -2.29. The SMILES string of the molecule is O=C(NNc1ccncc1)c1ccc(Nc2nccc(-c3ccc(Cl)cc3)n2)cc1. The number of benzene rings is 2. The highest BCUT2D eigenvalue weighted by atomic mass is 35.5. The average Bonchev–Trinajstić information content (AvgIpc) is 2.79. The first-order valence-corrected chi connectivity index (χ1v) is 9.48. The van der Waals surface area contributed by atoms with Crippen LogP contribution in [0.4, 0.5) is 17.3 Å². The quantitative estimate of drug-likeness (QED) is 0.395. The van der Waals surface area contributed by atoms with Crippen LogP contribution in [0.1, 0.15) is 10.4 Å². The number of nitrogens with zero attached hydrogens (tertiary/aromatic N) is 3. The summed E-state index contributed by atoms with van der Waals surface area (Å²) in [5.41, 5.74) is 9.23. The summed E-state index contributed by atoms with van der Waals surface area (Å²) in [7, 11) is 0. The fourth-order valence-electron chi connectivity index (χ4n) is 2.67. The molecule has 0 unspecified atom stereocenters. The second-order valence-electron chi connectivity index (χ2n) is 6.29. The lowest BCUT2D eigenvalue weighted by molar-refractivity contribution is 0.0962. The van der Waals surface area contributed by atoms with Crippen LogP contribution in [0.25, 0.3) is 11.3 Å². The maximum Gasteiger partial charge on any atom is 0.269 e. The van der Waals surface area contributed by atoms with E-state index in [1.807, 2.05) is 30.3 Å². The Labute approximate surface area is 178 Å². The highest BCUT2D eigenvalue weighted by molar-refractivity contribution is 6.30. The van der Waals surface area contributed by atoms with Crippen LogP contribution in [0.15, 0.2) is 85.3 Å². The van der Waals surface area contributed by atoms with Crippen molar-refractivity contribution in [1.82, 2.24) is 20.4 Å². The predicted octanol–water partition coefficient (Wildman–Crippen LogP) is 4.69. The molecule has 148 valence electrons. The molecule has 0 aliphatic carbocycles. The van der Waals surface area contributed by atoms with Crippen LogP contribution in [-0.2, 0) is 0 Å². The molecule has 3 N–H and O–H groups in total. The van der Waals surface area contributed by atoms with E-state index in [4.69, 9.17) is 11.6 Å². The maximum atomic E-state index is 12.3. The zero-order valence-corrected chi connectivity index (χ0v) is 16.5. The monoisotopic (exact) mass is 416 g/mol. The molecule has 30 heavy (non-hydrogen) atoms. The van der Waals surface area contributed by atoms with Crippen LogP contribution in [-0.4, -0.2) is 20.9 Å². The summed E-state index contributed by atoms with van der Waals surface area (Å²) < 4.78 is 0. The van der Waals surface area contributed by atoms with Crippen molar-refractivity contribution < 1.29 is 4.79 Å². The van der Waals surface area contributed by atoms with E-state index in [0.717, 1.165) is 22.6 Å². The molecule has 4 rings (SSSR count). The first-order valence-electron chi connectivity index (χ1n) is 9.10. The Kier molecular flexibility index (Phi) is 5.82. The first kappa shape index (κ1) is 19.4. The normalized spacial score (nSPS) is 10.3. The van der Waals surface area contributed by atoms with Gasteiger partial charge in [0.15, 0.2) is 0 Å². The molecule has 4 aromatic rings. The minimum Gasteiger partial charge on any atom is -0.324 e. The van der Waals surface area contributed by atoms with Gasteiger partial charge in [-0.2, -0.15) is 0 Å². The first-order chi connectivity index (χ1) is 14.7. The Morgan fingerprint density at radius 3 is 2.27 bits per heavy atom. The molecule has 0 fully saturated rings. The largest absolute Gasteiger partial charge is 0.324 e. The van der Waals surface area contributed by atoms with Gasteiger partial charge in [-0.15, -0.1) is 0 Å². The molecule has 1 amide bonds. The molecular formula is C22H17ClN6O. The number of hydrogen-bond donors (Lipinski definition) is 3. The number of anilines is 3. The van der Waals surface area contributed by atoms with Crippen molar-refractivity contribution in [1.29, 1.82) is 0 Å². The third-order valence-electron chi connectivity index (χ3n) is 4.20. The number of nitrogens with one attached hydrogen (secondary N) is 3. The van der Waals surface area contributed by atoms with Gasteiger partial charge >= 0.3 is 0 Å². The third kappa shape index (κ3) is 4.89. The van der Waals surface area contributed by atoms with Gasteiger partial charge in [0.2, 0.25) is 5.95 Å². The van der Waals surface area contributed by atoms with E-state index in [-0.39, 0.29) is 5.91 Å². The van der Waals surface area contributed by atoms with Gasteiger partial charge in [0.1, 0.15) is 0 Å². The molecule has 0 aliphatic heterocycles. The summed E-state index contributed by atoms with van der Waals surface area (Å²) in [6.07, 6.45) is 4.96. The Morgan fingerprint density at radius 1 is 0.800 bits per heavy atom. The van der Waals surface area contributed by atoms with Gasteiger partial charge < -0.3 is 5.32 Å². The Hall–Kier alpha value is -3.97. The van der Waals surface area contributed by atoms with Gasteiger partial charge in [0, 0.05) is 40.4 Å². The van der Waals surface area contributed by atoms with E-state index in [1.54, 1.807) is 55.0 Å². The number of aromatic nitrogens is 3. The van der Waals surface area contributed by atoms with Crippen molar-refractivity contribution in [3.63, 3.8) is 0 Å². The van der Waals surface area contributed by atoms with Crippen molar-refractivity contribution in [2.45, 2.75) is 0 Å². The van der Waals surface area contributed by atoms with E-state index in [0.29, 0.717) is 16.5 Å². The van der Waals surface area contributed by atoms with E-state index in [1.165, 1.54) is 0 Å². The average molecular weight is 417 g/mol. The van der Waals surface area contributed by atoms with Gasteiger partial charge in [-0.05, 0) is 54.6 Å². The van der Waals surface area contributed by atoms with Crippen LogP contribution in [0, 0.1) is 0 Å². The molecular weight excluding hydrogens is 400 g/mol. The van der Waals surface area contributed by atoms with Crippen LogP contribution in [0.3, 0.4) is 0 Å². The zero-order chi connectivity index (χ0) is 20.8. The van der Waals surface area contributed by atoms with E-state index < -0.39 is 0 Å². The van der Waals surface area contributed by atoms with E-state index in [2.05, 4.69) is 31.1 Å². The van der Waals surface area contributed by atoms with Gasteiger partial charge in [-0.1, -0.05) is 23.7 Å². The molecule has 0 spiro atoms. The van der Waals surface area contributed by atoms with Gasteiger partial charge in [-0.25, -0.2) is 9.97 Å². The number of hydrogen-bond acceptors (Lipinski definition) is 6. The van der Waals surface area contributed by atoms with Crippen molar-refractivity contribution in [2.24, 2.45) is 0 Å². The third-order valence-corrected chi connectivity index (χ3v) is 4.45. The lowest BCUT2D eigenvalue weighted by Gasteiger charge is -2.09. The zero-order valence-electron chi connectivity index (χ0n) is 15.7. The van der Waals surface area contributed by atoms with Crippen LogP contribution in [0.5, 0.6) is 0 Å². The molecule has 2 aromatic heterocycles. The summed E-state index contributed by atoms with van der Waals surface area (Å²) in [5, 5.41) is 3.82. The van der Waals surface area contributed by atoms with Gasteiger partial charge in [0.05, 0.1) is 11.4 Å². The standard InChI is InChI=1S/C22H17ClN6O/c23-17-5-1-15(2-6-17)20-11-14-25-22(27-20)26-18-7-3-16(4-8-18)21(30)29-28-19-9-12-24-13-10-19/h1-14H,(H,24,28)(H,29,30)(H,25,26,27). The van der Waals surface area contributed by atoms with E-state index >= 15 is 0 Å². The van der Waals surface area contributed by atoms with Crippen LogP contribution < -0.4 is 16.2 Å².